The van der Waals surface area contributed by atoms with Crippen LogP contribution in [-0.2, 0) is 11.2 Å². The number of rotatable bonds is 3. The third-order valence-corrected chi connectivity index (χ3v) is 7.15. The first-order valence-corrected chi connectivity index (χ1v) is 11.3. The van der Waals surface area contributed by atoms with Gasteiger partial charge in [0, 0.05) is 12.3 Å². The topological polar surface area (TPSA) is 17.1 Å². The number of Topliss-reactive ketones (excluding diaryl/α,β-unsaturated/α-hetero) is 1. The van der Waals surface area contributed by atoms with Crippen molar-refractivity contribution in [3.05, 3.63) is 59.7 Å². The van der Waals surface area contributed by atoms with Crippen LogP contribution < -0.4 is 0 Å². The zero-order valence-electron chi connectivity index (χ0n) is 16.8. The van der Waals surface area contributed by atoms with Crippen LogP contribution in [0.25, 0.3) is 21.5 Å². The molecule has 2 saturated carbocycles. The van der Waals surface area contributed by atoms with E-state index in [1.807, 2.05) is 0 Å². The molecule has 1 nitrogen and oxygen atoms in total. The quantitative estimate of drug-likeness (QED) is 0.441. The van der Waals surface area contributed by atoms with Gasteiger partial charge in [-0.15, -0.1) is 0 Å². The van der Waals surface area contributed by atoms with Crippen LogP contribution in [0.4, 0.5) is 0 Å². The molecule has 2 fully saturated rings. The molecule has 3 aromatic carbocycles. The summed E-state index contributed by atoms with van der Waals surface area (Å²) in [5.74, 6) is 1.37. The molecule has 0 saturated heterocycles. The lowest BCUT2D eigenvalue weighted by Gasteiger charge is -2.28. The Morgan fingerprint density at radius 2 is 1.50 bits per heavy atom. The van der Waals surface area contributed by atoms with Crippen molar-refractivity contribution in [2.45, 2.75) is 70.1 Å². The Kier molecular flexibility index (Phi) is 4.93. The lowest BCUT2D eigenvalue weighted by molar-refractivity contribution is -0.121. The monoisotopic (exact) mass is 370 g/mol. The second-order valence-electron chi connectivity index (χ2n) is 9.03. The molecule has 144 valence electrons. The summed E-state index contributed by atoms with van der Waals surface area (Å²) in [6.07, 6.45) is 12.1. The third-order valence-electron chi connectivity index (χ3n) is 7.15. The highest BCUT2D eigenvalue weighted by molar-refractivity contribution is 6.02. The van der Waals surface area contributed by atoms with Gasteiger partial charge in [-0.3, -0.25) is 4.79 Å². The van der Waals surface area contributed by atoms with E-state index in [1.165, 1.54) is 71.2 Å². The molecule has 3 aromatic rings. The van der Waals surface area contributed by atoms with Gasteiger partial charge in [0.2, 0.25) is 0 Å². The molecule has 0 heterocycles. The first-order chi connectivity index (χ1) is 13.8. The molecule has 0 bridgehead atoms. The van der Waals surface area contributed by atoms with Crippen molar-refractivity contribution in [2.75, 3.05) is 0 Å². The normalized spacial score (nSPS) is 21.4. The van der Waals surface area contributed by atoms with Gasteiger partial charge < -0.3 is 0 Å². The van der Waals surface area contributed by atoms with E-state index in [2.05, 4.69) is 48.5 Å². The summed E-state index contributed by atoms with van der Waals surface area (Å²) < 4.78 is 0. The van der Waals surface area contributed by atoms with Crippen LogP contribution in [0.3, 0.4) is 0 Å². The lowest BCUT2D eigenvalue weighted by Crippen LogP contribution is -2.20. The largest absolute Gasteiger partial charge is 0.299 e. The summed E-state index contributed by atoms with van der Waals surface area (Å²) in [6, 6.07) is 17.9. The van der Waals surface area contributed by atoms with Gasteiger partial charge >= 0.3 is 0 Å². The van der Waals surface area contributed by atoms with E-state index < -0.39 is 0 Å². The predicted molar refractivity (Wildman–Crippen MR) is 118 cm³/mol. The summed E-state index contributed by atoms with van der Waals surface area (Å²) in [4.78, 5) is 12.9. The van der Waals surface area contributed by atoms with Crippen molar-refractivity contribution in [1.29, 1.82) is 0 Å². The van der Waals surface area contributed by atoms with Crippen LogP contribution in [0.1, 0.15) is 74.8 Å². The second-order valence-corrected chi connectivity index (χ2v) is 9.03. The zero-order chi connectivity index (χ0) is 18.9. The maximum Gasteiger partial charge on any atom is 0.140 e. The van der Waals surface area contributed by atoms with Crippen LogP contribution in [0, 0.1) is 5.92 Å². The van der Waals surface area contributed by atoms with Gasteiger partial charge in [-0.1, -0.05) is 74.9 Å². The highest BCUT2D eigenvalue weighted by Gasteiger charge is 2.28. The molecule has 1 unspecified atom stereocenters. The second kappa shape index (κ2) is 7.70. The van der Waals surface area contributed by atoms with Gasteiger partial charge in [-0.25, -0.2) is 0 Å². The van der Waals surface area contributed by atoms with Gasteiger partial charge in [-0.2, -0.15) is 0 Å². The summed E-state index contributed by atoms with van der Waals surface area (Å²) >= 11 is 0. The highest BCUT2D eigenvalue weighted by atomic mass is 16.1. The summed E-state index contributed by atoms with van der Waals surface area (Å²) in [5, 5.41) is 5.19. The van der Waals surface area contributed by atoms with E-state index in [1.54, 1.807) is 0 Å². The van der Waals surface area contributed by atoms with Crippen molar-refractivity contribution < 1.29 is 4.79 Å². The molecule has 5 rings (SSSR count). The number of carbonyl (C=O) groups is 1. The van der Waals surface area contributed by atoms with Crippen molar-refractivity contribution in [1.82, 2.24) is 0 Å². The lowest BCUT2D eigenvalue weighted by atomic mass is 9.76. The van der Waals surface area contributed by atoms with E-state index in [0.717, 1.165) is 31.6 Å². The van der Waals surface area contributed by atoms with E-state index in [4.69, 9.17) is 0 Å². The van der Waals surface area contributed by atoms with Crippen LogP contribution in [-0.4, -0.2) is 5.78 Å². The first-order valence-electron chi connectivity index (χ1n) is 11.3. The highest BCUT2D eigenvalue weighted by Crippen LogP contribution is 2.40. The molecule has 0 spiro atoms. The van der Waals surface area contributed by atoms with Crippen molar-refractivity contribution in [3.63, 3.8) is 0 Å². The Hall–Kier alpha value is -2.15. The SMILES string of the molecule is O=C1CCCCC1c1c(CC2CCCCC2)ccc2cc3ccccc3cc12. The smallest absolute Gasteiger partial charge is 0.140 e. The van der Waals surface area contributed by atoms with E-state index in [9.17, 15) is 4.79 Å². The predicted octanol–water partition coefficient (Wildman–Crippen LogP) is 7.34. The molecule has 0 aliphatic heterocycles. The molecule has 0 amide bonds. The van der Waals surface area contributed by atoms with Crippen LogP contribution >= 0.6 is 0 Å². The Labute approximate surface area is 168 Å². The average molecular weight is 371 g/mol. The number of fused-ring (bicyclic) bond motifs is 2. The van der Waals surface area contributed by atoms with Crippen molar-refractivity contribution in [2.24, 2.45) is 5.92 Å². The Morgan fingerprint density at radius 3 is 2.29 bits per heavy atom. The molecular weight excluding hydrogens is 340 g/mol. The van der Waals surface area contributed by atoms with Crippen molar-refractivity contribution >= 4 is 27.3 Å². The molecule has 0 radical (unpaired) electrons. The molecular formula is C27H30O. The maximum atomic E-state index is 12.9. The minimum atomic E-state index is 0.109. The minimum absolute atomic E-state index is 0.109. The molecule has 0 N–H and O–H groups in total. The molecule has 2 aliphatic rings. The van der Waals surface area contributed by atoms with Gasteiger partial charge in [0.15, 0.2) is 0 Å². The van der Waals surface area contributed by atoms with Gasteiger partial charge in [0.05, 0.1) is 0 Å². The molecule has 0 aromatic heterocycles. The fraction of sp³-hybridized carbons (Fsp3) is 0.444. The van der Waals surface area contributed by atoms with E-state index in [-0.39, 0.29) is 5.92 Å². The molecule has 28 heavy (non-hydrogen) atoms. The fourth-order valence-corrected chi connectivity index (χ4v) is 5.66. The minimum Gasteiger partial charge on any atom is -0.299 e. The van der Waals surface area contributed by atoms with E-state index in [0.29, 0.717) is 5.78 Å². The average Bonchev–Trinajstić information content (AvgIpc) is 2.74. The molecule has 1 heteroatoms. The van der Waals surface area contributed by atoms with Crippen molar-refractivity contribution in [3.8, 4) is 0 Å². The third kappa shape index (κ3) is 3.36. The van der Waals surface area contributed by atoms with Crippen LogP contribution in [0.15, 0.2) is 48.5 Å². The van der Waals surface area contributed by atoms with Crippen LogP contribution in [0.2, 0.25) is 0 Å². The number of hydrogen-bond acceptors (Lipinski definition) is 1. The van der Waals surface area contributed by atoms with Crippen LogP contribution in [0.5, 0.6) is 0 Å². The summed E-state index contributed by atoms with van der Waals surface area (Å²) in [7, 11) is 0. The fourth-order valence-electron chi connectivity index (χ4n) is 5.66. The zero-order valence-corrected chi connectivity index (χ0v) is 16.8. The Bertz CT molecular complexity index is 1010. The first kappa shape index (κ1) is 17.9. The van der Waals surface area contributed by atoms with Gasteiger partial charge in [-0.05, 0) is 70.0 Å². The summed E-state index contributed by atoms with van der Waals surface area (Å²) in [6.45, 7) is 0. The van der Waals surface area contributed by atoms with Gasteiger partial charge in [0.25, 0.3) is 0 Å². The number of carbonyl (C=O) groups excluding carboxylic acids is 1. The molecule has 2 aliphatic carbocycles. The molecule has 1 atom stereocenters. The number of ketones is 1. The van der Waals surface area contributed by atoms with E-state index >= 15 is 0 Å². The van der Waals surface area contributed by atoms with Gasteiger partial charge in [0.1, 0.15) is 5.78 Å². The Balaban J connectivity index is 1.67. The standard InChI is InChI=1S/C27H30O/c28-26-13-7-6-12-24(26)27-23(16-19-8-2-1-3-9-19)15-14-22-17-20-10-4-5-11-21(20)18-25(22)27/h4-5,10-11,14-15,17-19,24H,1-3,6-9,12-13,16H2. The Morgan fingerprint density at radius 1 is 0.750 bits per heavy atom. The number of hydrogen-bond donors (Lipinski definition) is 0. The number of benzene rings is 3. The maximum absolute atomic E-state index is 12.9. The summed E-state index contributed by atoms with van der Waals surface area (Å²) in [5.41, 5.74) is 2.83.